The molecule has 0 aromatic heterocycles. The molecule has 1 aromatic carbocycles. The van der Waals surface area contributed by atoms with Crippen molar-refractivity contribution < 1.29 is 14.7 Å². The first-order valence-electron chi connectivity index (χ1n) is 7.86. The molecule has 0 saturated carbocycles. The first-order chi connectivity index (χ1) is 10.6. The van der Waals surface area contributed by atoms with E-state index < -0.39 is 5.97 Å². The molecular weight excluding hydrogens is 280 g/mol. The van der Waals surface area contributed by atoms with Crippen molar-refractivity contribution in [1.82, 2.24) is 4.90 Å². The molecule has 1 heterocycles. The standard InChI is InChI=1S/C17H24N2O3/c1-14(20)15-4-6-16(7-5-15)19(11-8-17(21)22)13-12-18-9-2-3-10-18/h4-7H,2-3,8-13H2,1H3,(H,21,22). The summed E-state index contributed by atoms with van der Waals surface area (Å²) >= 11 is 0. The van der Waals surface area contributed by atoms with Gasteiger partial charge in [-0.25, -0.2) is 0 Å². The molecule has 0 radical (unpaired) electrons. The third-order valence-electron chi connectivity index (χ3n) is 4.12. The molecule has 120 valence electrons. The van der Waals surface area contributed by atoms with Crippen molar-refractivity contribution in [2.75, 3.05) is 37.6 Å². The Bertz CT molecular complexity index is 507. The van der Waals surface area contributed by atoms with Gasteiger partial charge in [0.05, 0.1) is 6.42 Å². The van der Waals surface area contributed by atoms with Gasteiger partial charge in [0.1, 0.15) is 0 Å². The molecule has 1 aliphatic rings. The second kappa shape index (κ2) is 7.94. The van der Waals surface area contributed by atoms with Gasteiger partial charge in [0.25, 0.3) is 0 Å². The van der Waals surface area contributed by atoms with Crippen molar-refractivity contribution in [2.45, 2.75) is 26.2 Å². The summed E-state index contributed by atoms with van der Waals surface area (Å²) < 4.78 is 0. The van der Waals surface area contributed by atoms with Crippen LogP contribution in [0.1, 0.15) is 36.5 Å². The predicted molar refractivity (Wildman–Crippen MR) is 86.6 cm³/mol. The maximum Gasteiger partial charge on any atom is 0.305 e. The number of carboxylic acid groups (broad SMARTS) is 1. The number of hydrogen-bond acceptors (Lipinski definition) is 4. The molecule has 0 atom stereocenters. The van der Waals surface area contributed by atoms with Gasteiger partial charge in [-0.2, -0.15) is 0 Å². The third kappa shape index (κ3) is 4.84. The fourth-order valence-corrected chi connectivity index (χ4v) is 2.78. The van der Waals surface area contributed by atoms with Crippen LogP contribution in [0.5, 0.6) is 0 Å². The molecule has 5 nitrogen and oxygen atoms in total. The average Bonchev–Trinajstić information content (AvgIpc) is 3.00. The molecule has 0 unspecified atom stereocenters. The lowest BCUT2D eigenvalue weighted by Gasteiger charge is -2.27. The predicted octanol–water partition coefficient (Wildman–Crippen LogP) is 2.27. The molecular formula is C17H24N2O3. The number of carbonyl (C=O) groups excluding carboxylic acids is 1. The minimum atomic E-state index is -0.786. The van der Waals surface area contributed by atoms with Gasteiger partial charge in [-0.3, -0.25) is 9.59 Å². The smallest absolute Gasteiger partial charge is 0.305 e. The number of aliphatic carboxylic acids is 1. The Kier molecular flexibility index (Phi) is 5.95. The van der Waals surface area contributed by atoms with Gasteiger partial charge in [-0.05, 0) is 57.1 Å². The second-order valence-electron chi connectivity index (χ2n) is 5.78. The quantitative estimate of drug-likeness (QED) is 0.747. The molecule has 5 heteroatoms. The number of anilines is 1. The van der Waals surface area contributed by atoms with Crippen molar-refractivity contribution >= 4 is 17.4 Å². The molecule has 0 bridgehead atoms. The van der Waals surface area contributed by atoms with Gasteiger partial charge in [0.15, 0.2) is 5.78 Å². The summed E-state index contributed by atoms with van der Waals surface area (Å²) in [5, 5.41) is 8.92. The Morgan fingerprint density at radius 1 is 1.14 bits per heavy atom. The van der Waals surface area contributed by atoms with Gasteiger partial charge in [-0.1, -0.05) is 0 Å². The molecule has 1 fully saturated rings. The molecule has 0 amide bonds. The Morgan fingerprint density at radius 3 is 2.32 bits per heavy atom. The third-order valence-corrected chi connectivity index (χ3v) is 4.12. The lowest BCUT2D eigenvalue weighted by molar-refractivity contribution is -0.136. The van der Waals surface area contributed by atoms with Crippen LogP contribution in [0.15, 0.2) is 24.3 Å². The summed E-state index contributed by atoms with van der Waals surface area (Å²) in [5.74, 6) is -0.743. The first kappa shape index (κ1) is 16.5. The topological polar surface area (TPSA) is 60.9 Å². The minimum Gasteiger partial charge on any atom is -0.481 e. The lowest BCUT2D eigenvalue weighted by Crippen LogP contribution is -2.35. The van der Waals surface area contributed by atoms with E-state index in [1.54, 1.807) is 19.1 Å². The van der Waals surface area contributed by atoms with E-state index >= 15 is 0 Å². The number of hydrogen-bond donors (Lipinski definition) is 1. The minimum absolute atomic E-state index is 0.0423. The number of benzene rings is 1. The summed E-state index contributed by atoms with van der Waals surface area (Å²) in [6.45, 7) is 6.07. The normalized spacial score (nSPS) is 15.0. The summed E-state index contributed by atoms with van der Waals surface area (Å²) in [6, 6.07) is 7.42. The Labute approximate surface area is 131 Å². The van der Waals surface area contributed by atoms with E-state index in [1.807, 2.05) is 12.1 Å². The van der Waals surface area contributed by atoms with E-state index in [0.717, 1.165) is 31.9 Å². The van der Waals surface area contributed by atoms with Crippen molar-refractivity contribution in [3.05, 3.63) is 29.8 Å². The van der Waals surface area contributed by atoms with Crippen LogP contribution in [-0.4, -0.2) is 54.5 Å². The molecule has 22 heavy (non-hydrogen) atoms. The van der Waals surface area contributed by atoms with Crippen molar-refractivity contribution in [3.8, 4) is 0 Å². The van der Waals surface area contributed by atoms with Gasteiger partial charge >= 0.3 is 5.97 Å². The van der Waals surface area contributed by atoms with Crippen LogP contribution in [0.4, 0.5) is 5.69 Å². The fourth-order valence-electron chi connectivity index (χ4n) is 2.78. The molecule has 2 rings (SSSR count). The van der Waals surface area contributed by atoms with Crippen LogP contribution >= 0.6 is 0 Å². The van der Waals surface area contributed by atoms with E-state index in [0.29, 0.717) is 12.1 Å². The highest BCUT2D eigenvalue weighted by Gasteiger charge is 2.14. The van der Waals surface area contributed by atoms with E-state index in [1.165, 1.54) is 12.8 Å². The van der Waals surface area contributed by atoms with Crippen LogP contribution in [0.3, 0.4) is 0 Å². The Morgan fingerprint density at radius 2 is 1.77 bits per heavy atom. The summed E-state index contributed by atoms with van der Waals surface area (Å²) in [7, 11) is 0. The van der Waals surface area contributed by atoms with Gasteiger partial charge in [-0.15, -0.1) is 0 Å². The van der Waals surface area contributed by atoms with Gasteiger partial charge in [0.2, 0.25) is 0 Å². The van der Waals surface area contributed by atoms with Crippen LogP contribution in [0, 0.1) is 0 Å². The fraction of sp³-hybridized carbons (Fsp3) is 0.529. The van der Waals surface area contributed by atoms with Crippen molar-refractivity contribution in [1.29, 1.82) is 0 Å². The van der Waals surface area contributed by atoms with Crippen molar-refractivity contribution in [3.63, 3.8) is 0 Å². The largest absolute Gasteiger partial charge is 0.481 e. The molecule has 1 N–H and O–H groups in total. The van der Waals surface area contributed by atoms with E-state index in [2.05, 4.69) is 9.80 Å². The average molecular weight is 304 g/mol. The highest BCUT2D eigenvalue weighted by atomic mass is 16.4. The van der Waals surface area contributed by atoms with E-state index in [-0.39, 0.29) is 12.2 Å². The molecule has 1 aromatic rings. The first-order valence-corrected chi connectivity index (χ1v) is 7.86. The summed E-state index contributed by atoms with van der Waals surface area (Å²) in [4.78, 5) is 26.7. The number of ketones is 1. The lowest BCUT2D eigenvalue weighted by atomic mass is 10.1. The van der Waals surface area contributed by atoms with E-state index in [9.17, 15) is 9.59 Å². The van der Waals surface area contributed by atoms with Crippen molar-refractivity contribution in [2.24, 2.45) is 0 Å². The van der Waals surface area contributed by atoms with Crippen LogP contribution in [0.2, 0.25) is 0 Å². The number of carbonyl (C=O) groups is 2. The second-order valence-corrected chi connectivity index (χ2v) is 5.78. The number of Topliss-reactive ketones (excluding diaryl/α,β-unsaturated/α-hetero) is 1. The summed E-state index contributed by atoms with van der Waals surface area (Å²) in [6.07, 6.45) is 2.62. The number of nitrogens with zero attached hydrogens (tertiary/aromatic N) is 2. The SMILES string of the molecule is CC(=O)c1ccc(N(CCC(=O)O)CCN2CCCC2)cc1. The van der Waals surface area contributed by atoms with Crippen LogP contribution in [-0.2, 0) is 4.79 Å². The number of rotatable bonds is 8. The number of carboxylic acids is 1. The highest BCUT2D eigenvalue weighted by molar-refractivity contribution is 5.94. The Balaban J connectivity index is 2.01. The Hall–Kier alpha value is -1.88. The molecule has 1 aliphatic heterocycles. The number of likely N-dealkylation sites (tertiary alicyclic amines) is 1. The van der Waals surface area contributed by atoms with E-state index in [4.69, 9.17) is 5.11 Å². The monoisotopic (exact) mass is 304 g/mol. The zero-order valence-corrected chi connectivity index (χ0v) is 13.1. The maximum atomic E-state index is 11.3. The van der Waals surface area contributed by atoms with Crippen LogP contribution in [0.25, 0.3) is 0 Å². The molecule has 1 saturated heterocycles. The van der Waals surface area contributed by atoms with Crippen LogP contribution < -0.4 is 4.90 Å². The van der Waals surface area contributed by atoms with Gasteiger partial charge < -0.3 is 14.9 Å². The maximum absolute atomic E-state index is 11.3. The zero-order valence-electron chi connectivity index (χ0n) is 13.1. The summed E-state index contributed by atoms with van der Waals surface area (Å²) in [5.41, 5.74) is 1.66. The zero-order chi connectivity index (χ0) is 15.9. The molecule has 0 spiro atoms. The van der Waals surface area contributed by atoms with Gasteiger partial charge in [0, 0.05) is 30.9 Å². The highest BCUT2D eigenvalue weighted by Crippen LogP contribution is 2.17. The molecule has 0 aliphatic carbocycles.